The van der Waals surface area contributed by atoms with Crippen LogP contribution in [0.3, 0.4) is 0 Å². The van der Waals surface area contributed by atoms with Gasteiger partial charge in [-0.1, -0.05) is 36.4 Å². The number of aromatic nitrogens is 3. The molecule has 3 rings (SSSR count). The second kappa shape index (κ2) is 10.1. The van der Waals surface area contributed by atoms with E-state index < -0.39 is 5.97 Å². The van der Waals surface area contributed by atoms with Crippen molar-refractivity contribution in [1.82, 2.24) is 20.3 Å². The second-order valence-corrected chi connectivity index (χ2v) is 6.85. The van der Waals surface area contributed by atoms with Crippen LogP contribution in [-0.2, 0) is 16.1 Å². The zero-order valence-electron chi connectivity index (χ0n) is 17.4. The van der Waals surface area contributed by atoms with Gasteiger partial charge < -0.3 is 21.1 Å². The molecule has 1 amide bonds. The first-order valence-corrected chi connectivity index (χ1v) is 9.75. The third kappa shape index (κ3) is 6.23. The van der Waals surface area contributed by atoms with E-state index in [2.05, 4.69) is 25.6 Å². The van der Waals surface area contributed by atoms with E-state index in [1.165, 1.54) is 0 Å². The van der Waals surface area contributed by atoms with Crippen LogP contribution in [0.4, 0.5) is 17.6 Å². The minimum Gasteiger partial charge on any atom is -0.457 e. The molecule has 160 valence electrons. The Morgan fingerprint density at radius 3 is 2.42 bits per heavy atom. The highest BCUT2D eigenvalue weighted by Gasteiger charge is 2.11. The Balaban J connectivity index is 1.50. The lowest BCUT2D eigenvalue weighted by atomic mass is 10.1. The summed E-state index contributed by atoms with van der Waals surface area (Å²) >= 11 is 0. The number of nitrogens with zero attached hydrogens (tertiary/aromatic N) is 3. The van der Waals surface area contributed by atoms with Crippen LogP contribution in [0.2, 0.25) is 0 Å². The molecule has 0 saturated carbocycles. The van der Waals surface area contributed by atoms with Gasteiger partial charge in [-0.25, -0.2) is 0 Å². The summed E-state index contributed by atoms with van der Waals surface area (Å²) in [4.78, 5) is 36.5. The van der Waals surface area contributed by atoms with Gasteiger partial charge in [0.05, 0.1) is 6.42 Å². The number of nitrogens with two attached hydrogens (primary N) is 1. The summed E-state index contributed by atoms with van der Waals surface area (Å²) in [6.07, 6.45) is 0.0203. The summed E-state index contributed by atoms with van der Waals surface area (Å²) < 4.78 is 5.20. The van der Waals surface area contributed by atoms with Crippen molar-refractivity contribution >= 4 is 29.5 Å². The number of aryl methyl sites for hydroxylation is 2. The first kappa shape index (κ1) is 21.7. The minimum atomic E-state index is -0.488. The number of nitrogen functional groups attached to an aromatic ring is 1. The number of rotatable bonds is 8. The highest BCUT2D eigenvalue weighted by atomic mass is 16.5. The molecule has 0 aliphatic carbocycles. The van der Waals surface area contributed by atoms with Crippen LogP contribution in [0.5, 0.6) is 0 Å². The summed E-state index contributed by atoms with van der Waals surface area (Å²) in [5.41, 5.74) is 9.04. The zero-order valence-corrected chi connectivity index (χ0v) is 17.4. The third-order valence-corrected chi connectivity index (χ3v) is 4.46. The molecule has 2 aromatic carbocycles. The predicted octanol–water partition coefficient (Wildman–Crippen LogP) is 2.68. The Hall–Kier alpha value is -4.01. The van der Waals surface area contributed by atoms with E-state index in [-0.39, 0.29) is 43.2 Å². The zero-order chi connectivity index (χ0) is 22.2. The molecule has 0 aliphatic heterocycles. The van der Waals surface area contributed by atoms with E-state index in [0.29, 0.717) is 5.56 Å². The number of esters is 1. The number of para-hydroxylation sites is 1. The van der Waals surface area contributed by atoms with Gasteiger partial charge >= 0.3 is 5.97 Å². The summed E-state index contributed by atoms with van der Waals surface area (Å²) in [7, 11) is 0. The fraction of sp³-hybridized carbons (Fsp3) is 0.227. The van der Waals surface area contributed by atoms with E-state index in [1.54, 1.807) is 12.1 Å². The van der Waals surface area contributed by atoms with Crippen LogP contribution < -0.4 is 16.4 Å². The number of hydrogen-bond donors (Lipinski definition) is 3. The summed E-state index contributed by atoms with van der Waals surface area (Å²) in [5, 5.41) is 5.79. The van der Waals surface area contributed by atoms with Crippen molar-refractivity contribution in [3.63, 3.8) is 0 Å². The molecule has 9 heteroatoms. The van der Waals surface area contributed by atoms with E-state index in [0.717, 1.165) is 16.8 Å². The number of nitrogens with one attached hydrogen (secondary N) is 2. The molecule has 1 aromatic heterocycles. The van der Waals surface area contributed by atoms with E-state index in [9.17, 15) is 9.59 Å². The van der Waals surface area contributed by atoms with Crippen molar-refractivity contribution in [3.05, 3.63) is 71.0 Å². The van der Waals surface area contributed by atoms with E-state index >= 15 is 0 Å². The van der Waals surface area contributed by atoms with Gasteiger partial charge in [-0.3, -0.25) is 9.59 Å². The highest BCUT2D eigenvalue weighted by molar-refractivity contribution is 5.95. The molecule has 0 fully saturated rings. The quantitative estimate of drug-likeness (QED) is 0.474. The number of amides is 1. The fourth-order valence-electron chi connectivity index (χ4n) is 2.81. The molecule has 0 unspecified atom stereocenters. The molecule has 0 spiro atoms. The first-order valence-electron chi connectivity index (χ1n) is 9.75. The Labute approximate surface area is 180 Å². The van der Waals surface area contributed by atoms with Gasteiger partial charge in [0.2, 0.25) is 11.9 Å². The van der Waals surface area contributed by atoms with Crippen LogP contribution in [0.25, 0.3) is 0 Å². The molecule has 0 atom stereocenters. The molecule has 3 aromatic rings. The number of benzene rings is 2. The molecule has 31 heavy (non-hydrogen) atoms. The molecule has 0 bridgehead atoms. The fourth-order valence-corrected chi connectivity index (χ4v) is 2.81. The number of ether oxygens (including phenoxy) is 1. The lowest BCUT2D eigenvalue weighted by Gasteiger charge is -2.10. The first-order chi connectivity index (χ1) is 14.9. The Kier molecular flexibility index (Phi) is 7.10. The van der Waals surface area contributed by atoms with Gasteiger partial charge in [-0.15, -0.1) is 0 Å². The van der Waals surface area contributed by atoms with Crippen LogP contribution in [0.1, 0.15) is 33.7 Å². The van der Waals surface area contributed by atoms with Crippen LogP contribution in [-0.4, -0.2) is 33.4 Å². The van der Waals surface area contributed by atoms with Gasteiger partial charge in [0.15, 0.2) is 12.4 Å². The van der Waals surface area contributed by atoms with Crippen LogP contribution >= 0.6 is 0 Å². The Morgan fingerprint density at radius 1 is 0.968 bits per heavy atom. The number of carbonyl (C=O) groups is 2. The van der Waals surface area contributed by atoms with Gasteiger partial charge in [-0.05, 0) is 37.1 Å². The molecule has 0 radical (unpaired) electrons. The maximum absolute atomic E-state index is 12.2. The second-order valence-electron chi connectivity index (χ2n) is 6.85. The monoisotopic (exact) mass is 420 g/mol. The van der Waals surface area contributed by atoms with Crippen LogP contribution in [0, 0.1) is 13.8 Å². The van der Waals surface area contributed by atoms with Crippen molar-refractivity contribution in [2.24, 2.45) is 0 Å². The van der Waals surface area contributed by atoms with E-state index in [4.69, 9.17) is 10.5 Å². The lowest BCUT2D eigenvalue weighted by molar-refractivity contribution is -0.145. The summed E-state index contributed by atoms with van der Waals surface area (Å²) in [6.45, 7) is 3.81. The average molecular weight is 420 g/mol. The normalized spacial score (nSPS) is 10.4. The maximum atomic E-state index is 12.2. The van der Waals surface area contributed by atoms with Crippen LogP contribution in [0.15, 0.2) is 48.5 Å². The van der Waals surface area contributed by atoms with E-state index in [1.807, 2.05) is 50.2 Å². The minimum absolute atomic E-state index is 0.0163. The van der Waals surface area contributed by atoms with Gasteiger partial charge in [0.1, 0.15) is 0 Å². The summed E-state index contributed by atoms with van der Waals surface area (Å²) in [5.74, 6) is -0.220. The van der Waals surface area contributed by atoms with Crippen molar-refractivity contribution in [1.29, 1.82) is 0 Å². The van der Waals surface area contributed by atoms with Crippen molar-refractivity contribution < 1.29 is 14.3 Å². The number of hydrogen-bond acceptors (Lipinski definition) is 8. The molecule has 0 saturated heterocycles. The molecular weight excluding hydrogens is 396 g/mol. The standard InChI is InChI=1S/C22H24N6O3/c1-14-7-3-5-9-16(14)20(30)24-12-11-19(29)31-13-18-26-21(23)28-22(27-18)25-17-10-6-4-8-15(17)2/h3-10H,11-13H2,1-2H3,(H,24,30)(H3,23,25,26,27,28). The van der Waals surface area contributed by atoms with Gasteiger partial charge in [-0.2, -0.15) is 15.0 Å². The smallest absolute Gasteiger partial charge is 0.308 e. The van der Waals surface area contributed by atoms with Crippen molar-refractivity contribution in [2.75, 3.05) is 17.6 Å². The third-order valence-electron chi connectivity index (χ3n) is 4.46. The van der Waals surface area contributed by atoms with Crippen molar-refractivity contribution in [2.45, 2.75) is 26.9 Å². The lowest BCUT2D eigenvalue weighted by Crippen LogP contribution is -2.27. The average Bonchev–Trinajstić information content (AvgIpc) is 2.74. The number of anilines is 3. The van der Waals surface area contributed by atoms with Crippen molar-refractivity contribution in [3.8, 4) is 0 Å². The Bertz CT molecular complexity index is 1090. The molecular formula is C22H24N6O3. The summed E-state index contributed by atoms with van der Waals surface area (Å²) in [6, 6.07) is 14.9. The maximum Gasteiger partial charge on any atom is 0.308 e. The topological polar surface area (TPSA) is 132 Å². The molecule has 0 aliphatic rings. The number of carbonyl (C=O) groups excluding carboxylic acids is 2. The molecule has 9 nitrogen and oxygen atoms in total. The SMILES string of the molecule is Cc1ccccc1Nc1nc(N)nc(COC(=O)CCNC(=O)c2ccccc2C)n1. The Morgan fingerprint density at radius 2 is 1.68 bits per heavy atom. The van der Waals surface area contributed by atoms with Gasteiger partial charge in [0.25, 0.3) is 5.91 Å². The molecule has 1 heterocycles. The predicted molar refractivity (Wildman–Crippen MR) is 117 cm³/mol. The van der Waals surface area contributed by atoms with Gasteiger partial charge in [0, 0.05) is 17.8 Å². The highest BCUT2D eigenvalue weighted by Crippen LogP contribution is 2.17. The molecule has 4 N–H and O–H groups in total. The largest absolute Gasteiger partial charge is 0.457 e.